The van der Waals surface area contributed by atoms with Gasteiger partial charge in [-0.3, -0.25) is 9.59 Å². The van der Waals surface area contributed by atoms with E-state index in [-0.39, 0.29) is 22.8 Å². The first-order chi connectivity index (χ1) is 8.42. The Morgan fingerprint density at radius 1 is 1.44 bits per heavy atom. The summed E-state index contributed by atoms with van der Waals surface area (Å²) in [5.74, 6) is -0.869. The first-order valence-electron chi connectivity index (χ1n) is 5.52. The van der Waals surface area contributed by atoms with Crippen LogP contribution in [0, 0.1) is 0 Å². The fraction of sp³-hybridized carbons (Fsp3) is 0.500. The molecule has 1 rings (SSSR count). The van der Waals surface area contributed by atoms with E-state index in [9.17, 15) is 9.59 Å². The maximum Gasteiger partial charge on any atom is 0.313 e. The van der Waals surface area contributed by atoms with Crippen molar-refractivity contribution >= 4 is 35.0 Å². The Balaban J connectivity index is 2.32. The topological polar surface area (TPSA) is 66.4 Å². The van der Waals surface area contributed by atoms with E-state index in [1.807, 2.05) is 11.4 Å². The quantitative estimate of drug-likeness (QED) is 0.804. The maximum atomic E-state index is 11.5. The largest absolute Gasteiger partial charge is 0.481 e. The van der Waals surface area contributed by atoms with E-state index in [4.69, 9.17) is 5.11 Å². The molecule has 0 aliphatic heterocycles. The molecule has 18 heavy (non-hydrogen) atoms. The van der Waals surface area contributed by atoms with E-state index in [2.05, 4.69) is 25.2 Å². The lowest BCUT2D eigenvalue weighted by atomic mass is 9.91. The second-order valence-electron chi connectivity index (χ2n) is 4.52. The summed E-state index contributed by atoms with van der Waals surface area (Å²) in [6.45, 7) is 4.70. The molecule has 0 bridgehead atoms. The minimum Gasteiger partial charge on any atom is -0.481 e. The molecule has 6 heteroatoms. The van der Waals surface area contributed by atoms with E-state index < -0.39 is 5.97 Å². The molecule has 1 aromatic rings. The van der Waals surface area contributed by atoms with Gasteiger partial charge in [0.25, 0.3) is 0 Å². The molecule has 2 N–H and O–H groups in total. The van der Waals surface area contributed by atoms with Crippen LogP contribution in [0.2, 0.25) is 0 Å². The van der Waals surface area contributed by atoms with Crippen LogP contribution < -0.4 is 5.32 Å². The summed E-state index contributed by atoms with van der Waals surface area (Å²) >= 11 is 2.78. The summed E-state index contributed by atoms with van der Waals surface area (Å²) in [6.07, 6.45) is 0. The van der Waals surface area contributed by atoms with Crippen molar-refractivity contribution in [3.63, 3.8) is 0 Å². The number of rotatable bonds is 7. The number of amides is 1. The molecule has 0 spiro atoms. The van der Waals surface area contributed by atoms with Crippen molar-refractivity contribution in [1.82, 2.24) is 5.32 Å². The average molecular weight is 287 g/mol. The molecule has 0 atom stereocenters. The minimum absolute atomic E-state index is 0.0399. The lowest BCUT2D eigenvalue weighted by Crippen LogP contribution is -2.37. The third-order valence-electron chi connectivity index (χ3n) is 2.37. The molecule has 0 unspecified atom stereocenters. The van der Waals surface area contributed by atoms with Crippen molar-refractivity contribution in [2.75, 3.05) is 18.1 Å². The standard InChI is InChI=1S/C12H17NO3S2/c1-12(2,9-4-3-5-18-9)8-13-10(14)6-17-7-11(15)16/h3-5H,6-8H2,1-2H3,(H,13,14)(H,15,16). The number of hydrogen-bond acceptors (Lipinski definition) is 4. The first kappa shape index (κ1) is 15.0. The number of thiophene rings is 1. The number of hydrogen-bond donors (Lipinski definition) is 2. The highest BCUT2D eigenvalue weighted by Gasteiger charge is 2.22. The monoisotopic (exact) mass is 287 g/mol. The number of aliphatic carboxylic acids is 1. The molecule has 1 heterocycles. The Kier molecular flexibility index (Phi) is 5.68. The molecule has 0 fully saturated rings. The smallest absolute Gasteiger partial charge is 0.313 e. The fourth-order valence-electron chi connectivity index (χ4n) is 1.35. The molecule has 4 nitrogen and oxygen atoms in total. The van der Waals surface area contributed by atoms with Crippen LogP contribution in [0.15, 0.2) is 17.5 Å². The molecule has 0 radical (unpaired) electrons. The van der Waals surface area contributed by atoms with Crippen LogP contribution in [-0.4, -0.2) is 35.0 Å². The molecule has 0 saturated heterocycles. The summed E-state index contributed by atoms with van der Waals surface area (Å²) in [5.41, 5.74) is -0.0959. The Morgan fingerprint density at radius 3 is 2.72 bits per heavy atom. The molecule has 1 amide bonds. The molecule has 100 valence electrons. The molecule has 0 saturated carbocycles. The normalized spacial score (nSPS) is 11.2. The summed E-state index contributed by atoms with van der Waals surface area (Å²) in [6, 6.07) is 4.04. The fourth-order valence-corrected chi connectivity index (χ4v) is 2.77. The molecule has 1 aromatic heterocycles. The Bertz CT molecular complexity index is 401. The average Bonchev–Trinajstić information content (AvgIpc) is 2.80. The number of carboxylic acids is 1. The van der Waals surface area contributed by atoms with Crippen LogP contribution in [0.5, 0.6) is 0 Å². The van der Waals surface area contributed by atoms with Gasteiger partial charge >= 0.3 is 5.97 Å². The predicted octanol–water partition coefficient (Wildman–Crippen LogP) is 1.96. The number of carbonyl (C=O) groups excluding carboxylic acids is 1. The zero-order valence-corrected chi connectivity index (χ0v) is 12.1. The van der Waals surface area contributed by atoms with Crippen molar-refractivity contribution in [1.29, 1.82) is 0 Å². The van der Waals surface area contributed by atoms with Gasteiger partial charge in [0, 0.05) is 16.8 Å². The van der Waals surface area contributed by atoms with Crippen molar-refractivity contribution in [3.8, 4) is 0 Å². The second-order valence-corrected chi connectivity index (χ2v) is 6.46. The lowest BCUT2D eigenvalue weighted by molar-refractivity contribution is -0.133. The van der Waals surface area contributed by atoms with E-state index in [1.54, 1.807) is 11.3 Å². The van der Waals surface area contributed by atoms with E-state index in [0.29, 0.717) is 6.54 Å². The van der Waals surface area contributed by atoms with Crippen LogP contribution in [-0.2, 0) is 15.0 Å². The van der Waals surface area contributed by atoms with Crippen molar-refractivity contribution in [3.05, 3.63) is 22.4 Å². The van der Waals surface area contributed by atoms with E-state index >= 15 is 0 Å². The van der Waals surface area contributed by atoms with Crippen molar-refractivity contribution in [2.24, 2.45) is 0 Å². The number of thioether (sulfide) groups is 1. The van der Waals surface area contributed by atoms with E-state index in [0.717, 1.165) is 11.8 Å². The second kappa shape index (κ2) is 6.80. The summed E-state index contributed by atoms with van der Waals surface area (Å²) in [5, 5.41) is 13.3. The van der Waals surface area contributed by atoms with Crippen LogP contribution in [0.3, 0.4) is 0 Å². The summed E-state index contributed by atoms with van der Waals surface area (Å²) in [4.78, 5) is 23.0. The molecule has 0 aliphatic rings. The van der Waals surface area contributed by atoms with Gasteiger partial charge in [-0.25, -0.2) is 0 Å². The Morgan fingerprint density at radius 2 is 2.17 bits per heavy atom. The van der Waals surface area contributed by atoms with Gasteiger partial charge < -0.3 is 10.4 Å². The molecule has 0 aliphatic carbocycles. The predicted molar refractivity (Wildman–Crippen MR) is 75.3 cm³/mol. The highest BCUT2D eigenvalue weighted by Crippen LogP contribution is 2.26. The highest BCUT2D eigenvalue weighted by atomic mass is 32.2. The van der Waals surface area contributed by atoms with Crippen LogP contribution >= 0.6 is 23.1 Å². The van der Waals surface area contributed by atoms with Crippen molar-refractivity contribution < 1.29 is 14.7 Å². The first-order valence-corrected chi connectivity index (χ1v) is 7.55. The number of carbonyl (C=O) groups is 2. The number of carboxylic acid groups (broad SMARTS) is 1. The molecule has 0 aromatic carbocycles. The highest BCUT2D eigenvalue weighted by molar-refractivity contribution is 8.00. The maximum absolute atomic E-state index is 11.5. The third-order valence-corrected chi connectivity index (χ3v) is 4.53. The van der Waals surface area contributed by atoms with Gasteiger partial charge in [-0.1, -0.05) is 19.9 Å². The van der Waals surface area contributed by atoms with Gasteiger partial charge in [-0.15, -0.1) is 23.1 Å². The SMILES string of the molecule is CC(C)(CNC(=O)CSCC(=O)O)c1cccs1. The third kappa shape index (κ3) is 5.10. The zero-order chi connectivity index (χ0) is 13.6. The molecular weight excluding hydrogens is 270 g/mol. The van der Waals surface area contributed by atoms with Gasteiger partial charge in [0.15, 0.2) is 0 Å². The Labute approximate surface area is 115 Å². The summed E-state index contributed by atoms with van der Waals surface area (Å²) < 4.78 is 0. The number of nitrogens with one attached hydrogen (secondary N) is 1. The van der Waals surface area contributed by atoms with Crippen molar-refractivity contribution in [2.45, 2.75) is 19.3 Å². The van der Waals surface area contributed by atoms with Crippen LogP contribution in [0.25, 0.3) is 0 Å². The lowest BCUT2D eigenvalue weighted by Gasteiger charge is -2.23. The molecular formula is C12H17NO3S2. The van der Waals surface area contributed by atoms with Gasteiger partial charge in [0.1, 0.15) is 0 Å². The minimum atomic E-state index is -0.897. The van der Waals surface area contributed by atoms with Gasteiger partial charge in [-0.05, 0) is 11.4 Å². The van der Waals surface area contributed by atoms with Gasteiger partial charge in [0.05, 0.1) is 11.5 Å². The van der Waals surface area contributed by atoms with Gasteiger partial charge in [0.2, 0.25) is 5.91 Å². The summed E-state index contributed by atoms with van der Waals surface area (Å²) in [7, 11) is 0. The van der Waals surface area contributed by atoms with Gasteiger partial charge in [-0.2, -0.15) is 0 Å². The van der Waals surface area contributed by atoms with Crippen LogP contribution in [0.4, 0.5) is 0 Å². The Hall–Kier alpha value is -1.01. The van der Waals surface area contributed by atoms with E-state index in [1.165, 1.54) is 4.88 Å². The zero-order valence-electron chi connectivity index (χ0n) is 10.4. The van der Waals surface area contributed by atoms with Crippen LogP contribution in [0.1, 0.15) is 18.7 Å².